The second-order valence-corrected chi connectivity index (χ2v) is 3.55. The molecule has 1 N–H and O–H groups in total. The zero-order valence-corrected chi connectivity index (χ0v) is 7.44. The number of alkyl halides is 1. The Bertz CT molecular complexity index is 76.4. The predicted octanol–water partition coefficient (Wildman–Crippen LogP) is 1.42. The van der Waals surface area contributed by atoms with Crippen molar-refractivity contribution in [1.29, 1.82) is 0 Å². The molecule has 0 fully saturated rings. The Kier molecular flexibility index (Phi) is 6.59. The highest BCUT2D eigenvalue weighted by Crippen LogP contribution is 1.94. The molecule has 0 saturated carbocycles. The Morgan fingerprint density at radius 2 is 2.12 bits per heavy atom. The summed E-state index contributed by atoms with van der Waals surface area (Å²) in [5.74, 6) is 0.434. The van der Waals surface area contributed by atoms with Crippen molar-refractivity contribution in [1.82, 2.24) is 0 Å². The second kappa shape index (κ2) is 5.97. The zero-order chi connectivity index (χ0) is 6.41. The van der Waals surface area contributed by atoms with Crippen LogP contribution < -0.4 is 0 Å². The van der Waals surface area contributed by atoms with E-state index in [-0.39, 0.29) is 0 Å². The summed E-state index contributed by atoms with van der Waals surface area (Å²) in [5, 5.41) is 0. The molecule has 0 aliphatic carbocycles. The fraction of sp³-hybridized carbons (Fsp3) is 1.00. The van der Waals surface area contributed by atoms with Crippen LogP contribution in [0.1, 0.15) is 12.8 Å². The van der Waals surface area contributed by atoms with Gasteiger partial charge in [0.1, 0.15) is 0 Å². The fourth-order valence-corrected chi connectivity index (χ4v) is 1.31. The molecule has 0 saturated heterocycles. The van der Waals surface area contributed by atoms with Crippen molar-refractivity contribution in [2.75, 3.05) is 10.2 Å². The van der Waals surface area contributed by atoms with Crippen molar-refractivity contribution >= 4 is 33.7 Å². The summed E-state index contributed by atoms with van der Waals surface area (Å²) in [6, 6.07) is 0. The van der Waals surface area contributed by atoms with Gasteiger partial charge in [-0.3, -0.25) is 0 Å². The van der Waals surface area contributed by atoms with Crippen molar-refractivity contribution in [3.63, 3.8) is 0 Å². The molecule has 0 amide bonds. The summed E-state index contributed by atoms with van der Waals surface area (Å²) in [5.41, 5.74) is 0. The van der Waals surface area contributed by atoms with Crippen LogP contribution in [0.25, 0.3) is 0 Å². The van der Waals surface area contributed by atoms with Crippen LogP contribution in [-0.4, -0.2) is 18.9 Å². The molecule has 0 spiro atoms. The standard InChI is InChI=1S/C4H9IO2S/c5-3-1-2-4-8(6)7/h1-4H2,(H,6,7). The molecular formula is C4H9IO2S. The highest BCUT2D eigenvalue weighted by Gasteiger charge is 1.90. The van der Waals surface area contributed by atoms with E-state index in [9.17, 15) is 4.21 Å². The molecule has 0 aliphatic rings. The van der Waals surface area contributed by atoms with E-state index in [2.05, 4.69) is 22.6 Å². The summed E-state index contributed by atoms with van der Waals surface area (Å²) in [4.78, 5) is 0. The summed E-state index contributed by atoms with van der Waals surface area (Å²) in [6.45, 7) is 0. The minimum atomic E-state index is -1.57. The van der Waals surface area contributed by atoms with Crippen LogP contribution in [0.4, 0.5) is 0 Å². The molecule has 4 heteroatoms. The van der Waals surface area contributed by atoms with Gasteiger partial charge in [0.2, 0.25) is 0 Å². The smallest absolute Gasteiger partial charge is 0.152 e. The lowest BCUT2D eigenvalue weighted by Gasteiger charge is -1.89. The van der Waals surface area contributed by atoms with Crippen LogP contribution >= 0.6 is 22.6 Å². The predicted molar refractivity (Wildman–Crippen MR) is 43.8 cm³/mol. The van der Waals surface area contributed by atoms with Gasteiger partial charge in [0.25, 0.3) is 0 Å². The monoisotopic (exact) mass is 248 g/mol. The summed E-state index contributed by atoms with van der Waals surface area (Å²) in [7, 11) is 0. The van der Waals surface area contributed by atoms with E-state index in [1.807, 2.05) is 0 Å². The third-order valence-electron chi connectivity index (χ3n) is 0.703. The van der Waals surface area contributed by atoms with Crippen molar-refractivity contribution in [2.24, 2.45) is 0 Å². The molecule has 50 valence electrons. The van der Waals surface area contributed by atoms with Crippen LogP contribution in [0, 0.1) is 0 Å². The topological polar surface area (TPSA) is 37.3 Å². The summed E-state index contributed by atoms with van der Waals surface area (Å²) < 4.78 is 19.3. The molecule has 0 aromatic carbocycles. The van der Waals surface area contributed by atoms with Crippen LogP contribution in [0.5, 0.6) is 0 Å². The van der Waals surface area contributed by atoms with E-state index in [0.717, 1.165) is 17.3 Å². The Balaban J connectivity index is 2.82. The maximum atomic E-state index is 9.98. The van der Waals surface area contributed by atoms with Gasteiger partial charge in [-0.25, -0.2) is 4.21 Å². The van der Waals surface area contributed by atoms with Crippen LogP contribution in [0.2, 0.25) is 0 Å². The van der Waals surface area contributed by atoms with Gasteiger partial charge in [-0.15, -0.1) is 0 Å². The van der Waals surface area contributed by atoms with Crippen molar-refractivity contribution in [3.05, 3.63) is 0 Å². The lowest BCUT2D eigenvalue weighted by molar-refractivity contribution is 0.561. The van der Waals surface area contributed by atoms with E-state index < -0.39 is 11.1 Å². The van der Waals surface area contributed by atoms with E-state index >= 15 is 0 Å². The molecule has 0 bridgehead atoms. The Labute approximate surface area is 65.5 Å². The molecular weight excluding hydrogens is 239 g/mol. The fourth-order valence-electron chi connectivity index (χ4n) is 0.320. The van der Waals surface area contributed by atoms with Gasteiger partial charge in [0.05, 0.1) is 0 Å². The van der Waals surface area contributed by atoms with Gasteiger partial charge < -0.3 is 4.55 Å². The molecule has 0 aromatic rings. The van der Waals surface area contributed by atoms with E-state index in [0.29, 0.717) is 5.75 Å². The minimum Gasteiger partial charge on any atom is -0.306 e. The van der Waals surface area contributed by atoms with Gasteiger partial charge in [-0.2, -0.15) is 0 Å². The number of hydrogen-bond donors (Lipinski definition) is 1. The maximum Gasteiger partial charge on any atom is 0.152 e. The summed E-state index contributed by atoms with van der Waals surface area (Å²) >= 11 is 0.683. The van der Waals surface area contributed by atoms with Gasteiger partial charge in [0.15, 0.2) is 11.1 Å². The summed E-state index contributed by atoms with van der Waals surface area (Å²) in [6.07, 6.45) is 1.92. The third kappa shape index (κ3) is 6.84. The molecule has 1 unspecified atom stereocenters. The highest BCUT2D eigenvalue weighted by atomic mass is 127. The molecule has 1 atom stereocenters. The molecule has 0 rings (SSSR count). The van der Waals surface area contributed by atoms with Gasteiger partial charge in [0, 0.05) is 5.75 Å². The first-order valence-electron chi connectivity index (χ1n) is 2.41. The third-order valence-corrected chi connectivity index (χ3v) is 2.10. The number of unbranched alkanes of at least 4 members (excludes halogenated alkanes) is 1. The first-order valence-corrected chi connectivity index (χ1v) is 5.21. The van der Waals surface area contributed by atoms with Crippen molar-refractivity contribution in [2.45, 2.75) is 12.8 Å². The molecule has 2 nitrogen and oxygen atoms in total. The quantitative estimate of drug-likeness (QED) is 0.353. The van der Waals surface area contributed by atoms with E-state index in [1.54, 1.807) is 0 Å². The molecule has 0 radical (unpaired) electrons. The number of hydrogen-bond acceptors (Lipinski definition) is 1. The van der Waals surface area contributed by atoms with Crippen LogP contribution in [0.3, 0.4) is 0 Å². The lowest BCUT2D eigenvalue weighted by Crippen LogP contribution is -1.93. The first kappa shape index (κ1) is 8.84. The minimum absolute atomic E-state index is 0.434. The van der Waals surface area contributed by atoms with Crippen LogP contribution in [-0.2, 0) is 11.1 Å². The normalized spacial score (nSPS) is 13.8. The Morgan fingerprint density at radius 3 is 2.50 bits per heavy atom. The van der Waals surface area contributed by atoms with Crippen molar-refractivity contribution in [3.8, 4) is 0 Å². The van der Waals surface area contributed by atoms with Gasteiger partial charge in [-0.05, 0) is 17.3 Å². The molecule has 0 aromatic heterocycles. The number of rotatable bonds is 4. The largest absolute Gasteiger partial charge is 0.306 e. The molecule has 0 heterocycles. The Hall–Kier alpha value is 0.840. The lowest BCUT2D eigenvalue weighted by atomic mass is 10.4. The second-order valence-electron chi connectivity index (χ2n) is 1.42. The molecule has 0 aliphatic heterocycles. The maximum absolute atomic E-state index is 9.98. The average Bonchev–Trinajstić information content (AvgIpc) is 1.66. The number of halogens is 1. The highest BCUT2D eigenvalue weighted by molar-refractivity contribution is 14.1. The van der Waals surface area contributed by atoms with Crippen LogP contribution in [0.15, 0.2) is 0 Å². The van der Waals surface area contributed by atoms with E-state index in [1.165, 1.54) is 0 Å². The molecule has 8 heavy (non-hydrogen) atoms. The SMILES string of the molecule is O=S(O)CCCCI. The average molecular weight is 248 g/mol. The van der Waals surface area contributed by atoms with E-state index in [4.69, 9.17) is 4.55 Å². The van der Waals surface area contributed by atoms with Gasteiger partial charge >= 0.3 is 0 Å². The Morgan fingerprint density at radius 1 is 1.50 bits per heavy atom. The zero-order valence-electron chi connectivity index (χ0n) is 4.47. The van der Waals surface area contributed by atoms with Gasteiger partial charge in [-0.1, -0.05) is 22.6 Å². The first-order chi connectivity index (χ1) is 3.77. The van der Waals surface area contributed by atoms with Crippen molar-refractivity contribution < 1.29 is 8.76 Å².